The lowest BCUT2D eigenvalue weighted by atomic mass is 10.1. The van der Waals surface area contributed by atoms with Crippen LogP contribution in [0.4, 0.5) is 4.79 Å². The summed E-state index contributed by atoms with van der Waals surface area (Å²) >= 11 is 0. The Morgan fingerprint density at radius 1 is 1.14 bits per heavy atom. The molecule has 1 aromatic carbocycles. The van der Waals surface area contributed by atoms with Gasteiger partial charge in [-0.2, -0.15) is 0 Å². The molecule has 0 bridgehead atoms. The number of ether oxygens (including phenoxy) is 2. The van der Waals surface area contributed by atoms with E-state index in [1.165, 1.54) is 5.56 Å². The third-order valence-corrected chi connectivity index (χ3v) is 6.58. The van der Waals surface area contributed by atoms with Crippen LogP contribution in [-0.2, 0) is 27.4 Å². The number of hydrogen-bond donors (Lipinski definition) is 0. The van der Waals surface area contributed by atoms with Gasteiger partial charge in [-0.1, -0.05) is 18.2 Å². The number of nitrogens with zero attached hydrogens (tertiary/aromatic N) is 4. The summed E-state index contributed by atoms with van der Waals surface area (Å²) < 4.78 is 13.6. The number of fused-ring (bicyclic) bond motifs is 1. The number of amides is 2. The quantitative estimate of drug-likeness (QED) is 0.517. The number of benzene rings is 1. The third kappa shape index (κ3) is 5.54. The molecule has 3 aromatic rings. The van der Waals surface area contributed by atoms with Crippen LogP contribution < -0.4 is 0 Å². The number of carbonyl (C=O) groups is 2. The Morgan fingerprint density at radius 3 is 2.61 bits per heavy atom. The zero-order valence-corrected chi connectivity index (χ0v) is 21.2. The average molecular weight is 491 g/mol. The lowest BCUT2D eigenvalue weighted by Crippen LogP contribution is -2.53. The van der Waals surface area contributed by atoms with Crippen molar-refractivity contribution < 1.29 is 19.1 Å². The second-order valence-corrected chi connectivity index (χ2v) is 10.6. The van der Waals surface area contributed by atoms with Crippen molar-refractivity contribution in [1.29, 1.82) is 0 Å². The number of rotatable bonds is 6. The molecule has 5 rings (SSSR count). The Balaban J connectivity index is 1.35. The van der Waals surface area contributed by atoms with Gasteiger partial charge < -0.3 is 23.8 Å². The van der Waals surface area contributed by atoms with Gasteiger partial charge in [0, 0.05) is 55.2 Å². The molecule has 0 radical (unpaired) electrons. The van der Waals surface area contributed by atoms with E-state index in [1.807, 2.05) is 49.9 Å². The van der Waals surface area contributed by atoms with Gasteiger partial charge >= 0.3 is 6.09 Å². The summed E-state index contributed by atoms with van der Waals surface area (Å²) in [7, 11) is 0. The van der Waals surface area contributed by atoms with Crippen molar-refractivity contribution in [3.63, 3.8) is 0 Å². The molecule has 8 heteroatoms. The molecule has 1 aliphatic heterocycles. The molecule has 2 amide bonds. The van der Waals surface area contributed by atoms with Crippen LogP contribution in [0.1, 0.15) is 44.7 Å². The van der Waals surface area contributed by atoms with Crippen LogP contribution >= 0.6 is 0 Å². The van der Waals surface area contributed by atoms with E-state index in [0.29, 0.717) is 19.7 Å². The molecular formula is C28H34N4O4. The van der Waals surface area contributed by atoms with Gasteiger partial charge in [-0.3, -0.25) is 9.78 Å². The van der Waals surface area contributed by atoms with Crippen LogP contribution in [0.5, 0.6) is 0 Å². The van der Waals surface area contributed by atoms with E-state index < -0.39 is 17.8 Å². The molecule has 2 aromatic heterocycles. The highest BCUT2D eigenvalue weighted by atomic mass is 16.6. The summed E-state index contributed by atoms with van der Waals surface area (Å²) in [6.45, 7) is 7.72. The lowest BCUT2D eigenvalue weighted by molar-refractivity contribution is -0.150. The molecular weight excluding hydrogens is 456 g/mol. The maximum absolute atomic E-state index is 13.7. The van der Waals surface area contributed by atoms with Gasteiger partial charge in [0.2, 0.25) is 0 Å². The number of aromatic nitrogens is 2. The van der Waals surface area contributed by atoms with E-state index in [4.69, 9.17) is 9.47 Å². The lowest BCUT2D eigenvalue weighted by Gasteiger charge is -2.35. The fourth-order valence-electron chi connectivity index (χ4n) is 4.70. The summed E-state index contributed by atoms with van der Waals surface area (Å²) in [6.07, 6.45) is 6.66. The molecule has 190 valence electrons. The van der Waals surface area contributed by atoms with E-state index in [-0.39, 0.29) is 18.5 Å². The molecule has 1 saturated heterocycles. The molecule has 2 fully saturated rings. The Morgan fingerprint density at radius 2 is 1.89 bits per heavy atom. The number of carbonyl (C=O) groups excluding carboxylic acids is 2. The molecule has 1 aliphatic carbocycles. The van der Waals surface area contributed by atoms with E-state index in [0.717, 1.165) is 35.9 Å². The molecule has 1 atom stereocenters. The number of para-hydroxylation sites is 1. The Hall–Kier alpha value is -3.39. The molecule has 0 spiro atoms. The minimum atomic E-state index is -0.683. The predicted octanol–water partition coefficient (Wildman–Crippen LogP) is 4.21. The third-order valence-electron chi connectivity index (χ3n) is 6.58. The molecule has 36 heavy (non-hydrogen) atoms. The minimum Gasteiger partial charge on any atom is -0.444 e. The molecule has 2 aliphatic rings. The van der Waals surface area contributed by atoms with Crippen LogP contribution in [0.2, 0.25) is 0 Å². The fourth-order valence-corrected chi connectivity index (χ4v) is 4.70. The van der Waals surface area contributed by atoms with E-state index >= 15 is 0 Å². The van der Waals surface area contributed by atoms with Crippen LogP contribution in [0.3, 0.4) is 0 Å². The zero-order chi connectivity index (χ0) is 25.3. The average Bonchev–Trinajstić information content (AvgIpc) is 3.65. The van der Waals surface area contributed by atoms with Crippen LogP contribution in [-0.4, -0.2) is 68.8 Å². The largest absolute Gasteiger partial charge is 0.444 e. The van der Waals surface area contributed by atoms with Crippen molar-refractivity contribution in [1.82, 2.24) is 19.4 Å². The topological polar surface area (TPSA) is 76.9 Å². The van der Waals surface area contributed by atoms with Gasteiger partial charge in [-0.25, -0.2) is 4.79 Å². The summed E-state index contributed by atoms with van der Waals surface area (Å²) in [4.78, 5) is 33.9. The maximum atomic E-state index is 13.7. The first-order valence-corrected chi connectivity index (χ1v) is 12.6. The standard InChI is InChI=1S/C28H34N4O4/c1-28(2,3)36-27(34)30-14-15-35-25(19-30)26(33)32(22-8-9-22)18-21-17-31(16-20-10-12-29-13-11-20)24-7-5-4-6-23(21)24/h4-7,10-13,17,22,25H,8-9,14-16,18-19H2,1-3H3. The first-order valence-electron chi connectivity index (χ1n) is 12.6. The summed E-state index contributed by atoms with van der Waals surface area (Å²) in [5.41, 5.74) is 2.84. The van der Waals surface area contributed by atoms with Crippen LogP contribution in [0, 0.1) is 0 Å². The van der Waals surface area contributed by atoms with Gasteiger partial charge in [0.15, 0.2) is 6.10 Å². The van der Waals surface area contributed by atoms with E-state index in [9.17, 15) is 9.59 Å². The van der Waals surface area contributed by atoms with E-state index in [1.54, 1.807) is 17.3 Å². The fraction of sp³-hybridized carbons (Fsp3) is 0.464. The first-order chi connectivity index (χ1) is 17.3. The van der Waals surface area contributed by atoms with Crippen LogP contribution in [0.25, 0.3) is 10.9 Å². The highest BCUT2D eigenvalue weighted by Gasteiger charge is 2.39. The van der Waals surface area contributed by atoms with Crippen LogP contribution in [0.15, 0.2) is 55.0 Å². The van der Waals surface area contributed by atoms with Crippen molar-refractivity contribution in [2.75, 3.05) is 19.7 Å². The van der Waals surface area contributed by atoms with Gasteiger partial charge in [0.05, 0.1) is 13.2 Å². The summed E-state index contributed by atoms with van der Waals surface area (Å²) in [6, 6.07) is 12.6. The summed E-state index contributed by atoms with van der Waals surface area (Å²) in [5.74, 6) is -0.0586. The monoisotopic (exact) mass is 490 g/mol. The smallest absolute Gasteiger partial charge is 0.410 e. The van der Waals surface area contributed by atoms with Gasteiger partial charge in [0.25, 0.3) is 5.91 Å². The SMILES string of the molecule is CC(C)(C)OC(=O)N1CCOC(C(=O)N(Cc2cn(Cc3ccncc3)c3ccccc23)C2CC2)C1. The predicted molar refractivity (Wildman–Crippen MR) is 136 cm³/mol. The number of morpholine rings is 1. The van der Waals surface area contributed by atoms with Gasteiger partial charge in [-0.15, -0.1) is 0 Å². The van der Waals surface area contributed by atoms with Crippen molar-refractivity contribution in [3.05, 3.63) is 66.1 Å². The van der Waals surface area contributed by atoms with Crippen molar-refractivity contribution in [2.45, 2.75) is 64.4 Å². The summed E-state index contributed by atoms with van der Waals surface area (Å²) in [5, 5.41) is 1.14. The molecule has 1 unspecified atom stereocenters. The van der Waals surface area contributed by atoms with Gasteiger partial charge in [-0.05, 0) is 62.9 Å². The molecule has 3 heterocycles. The van der Waals surface area contributed by atoms with Crippen molar-refractivity contribution >= 4 is 22.9 Å². The minimum absolute atomic E-state index is 0.0586. The molecule has 0 N–H and O–H groups in total. The maximum Gasteiger partial charge on any atom is 0.410 e. The molecule has 1 saturated carbocycles. The van der Waals surface area contributed by atoms with E-state index in [2.05, 4.69) is 27.9 Å². The highest BCUT2D eigenvalue weighted by Crippen LogP contribution is 2.32. The normalized spacial score (nSPS) is 18.3. The highest BCUT2D eigenvalue weighted by molar-refractivity contribution is 5.86. The van der Waals surface area contributed by atoms with Crippen molar-refractivity contribution in [2.24, 2.45) is 0 Å². The Labute approximate surface area is 211 Å². The number of hydrogen-bond acceptors (Lipinski definition) is 5. The van der Waals surface area contributed by atoms with Gasteiger partial charge in [0.1, 0.15) is 5.60 Å². The zero-order valence-electron chi connectivity index (χ0n) is 21.2. The molecule has 8 nitrogen and oxygen atoms in total. The Kier molecular flexibility index (Phi) is 6.71. The van der Waals surface area contributed by atoms with Crippen molar-refractivity contribution in [3.8, 4) is 0 Å². The second kappa shape index (κ2) is 9.93. The second-order valence-electron chi connectivity index (χ2n) is 10.6. The first kappa shape index (κ1) is 24.3. The Bertz CT molecular complexity index is 1230. The number of pyridine rings is 1.